The molecule has 4 aromatic carbocycles. The number of nitrogens with zero attached hydrogens (tertiary/aromatic N) is 1. The lowest BCUT2D eigenvalue weighted by molar-refractivity contribution is 0.102. The molecule has 31 heavy (non-hydrogen) atoms. The van der Waals surface area contributed by atoms with Crippen LogP contribution in [0.3, 0.4) is 0 Å². The number of aryl methyl sites for hydroxylation is 1. The predicted molar refractivity (Wildman–Crippen MR) is 123 cm³/mol. The van der Waals surface area contributed by atoms with Crippen LogP contribution >= 0.6 is 0 Å². The van der Waals surface area contributed by atoms with Gasteiger partial charge in [0, 0.05) is 11.3 Å². The molecular weight excluding hydrogens is 388 g/mol. The van der Waals surface area contributed by atoms with Gasteiger partial charge in [0.1, 0.15) is 11.3 Å². The molecule has 0 saturated carbocycles. The number of nitrogens with one attached hydrogen (secondary N) is 1. The first-order valence-corrected chi connectivity index (χ1v) is 9.97. The van der Waals surface area contributed by atoms with Crippen molar-refractivity contribution in [2.75, 3.05) is 12.4 Å². The summed E-state index contributed by atoms with van der Waals surface area (Å²) in [6, 6.07) is 25.0. The average molecular weight is 408 g/mol. The third kappa shape index (κ3) is 3.51. The molecule has 0 bridgehead atoms. The summed E-state index contributed by atoms with van der Waals surface area (Å²) < 4.78 is 11.4. The van der Waals surface area contributed by atoms with Gasteiger partial charge in [0.25, 0.3) is 5.91 Å². The molecule has 1 N–H and O–H groups in total. The van der Waals surface area contributed by atoms with Crippen LogP contribution in [0.25, 0.3) is 33.3 Å². The van der Waals surface area contributed by atoms with Gasteiger partial charge in [-0.3, -0.25) is 4.79 Å². The fourth-order valence-corrected chi connectivity index (χ4v) is 3.70. The van der Waals surface area contributed by atoms with Crippen molar-refractivity contribution in [3.8, 4) is 17.2 Å². The van der Waals surface area contributed by atoms with Crippen LogP contribution in [0.5, 0.6) is 5.75 Å². The van der Waals surface area contributed by atoms with Crippen molar-refractivity contribution in [1.29, 1.82) is 0 Å². The Hall–Kier alpha value is -4.12. The molecule has 0 atom stereocenters. The van der Waals surface area contributed by atoms with Gasteiger partial charge < -0.3 is 14.5 Å². The van der Waals surface area contributed by atoms with Crippen molar-refractivity contribution in [1.82, 2.24) is 4.98 Å². The van der Waals surface area contributed by atoms with Crippen LogP contribution in [0.15, 0.2) is 83.3 Å². The molecule has 1 amide bonds. The third-order valence-electron chi connectivity index (χ3n) is 5.33. The summed E-state index contributed by atoms with van der Waals surface area (Å²) in [5, 5.41) is 4.94. The molecule has 0 radical (unpaired) electrons. The molecule has 5 aromatic rings. The Morgan fingerprint density at radius 2 is 1.68 bits per heavy atom. The number of ether oxygens (including phenoxy) is 1. The summed E-state index contributed by atoms with van der Waals surface area (Å²) >= 11 is 0. The Labute approximate surface area is 179 Å². The van der Waals surface area contributed by atoms with Crippen LogP contribution in [-0.2, 0) is 0 Å². The van der Waals surface area contributed by atoms with E-state index in [-0.39, 0.29) is 5.91 Å². The standard InChI is InChI=1S/C26H20N2O3/c1-16-7-3-6-10-20(16)26-28-22-15-19(11-12-23(22)31-26)27-25(29)21-13-17-8-4-5-9-18(17)14-24(21)30-2/h3-15H,1-2H3,(H,27,29). The van der Waals surface area contributed by atoms with E-state index >= 15 is 0 Å². The lowest BCUT2D eigenvalue weighted by Crippen LogP contribution is -2.13. The van der Waals surface area contributed by atoms with E-state index in [4.69, 9.17) is 9.15 Å². The van der Waals surface area contributed by atoms with Gasteiger partial charge in [0.05, 0.1) is 12.7 Å². The zero-order valence-corrected chi connectivity index (χ0v) is 17.2. The highest BCUT2D eigenvalue weighted by atomic mass is 16.5. The van der Waals surface area contributed by atoms with Crippen LogP contribution in [0.4, 0.5) is 5.69 Å². The molecule has 0 fully saturated rings. The molecule has 0 saturated heterocycles. The molecule has 1 aromatic heterocycles. The fourth-order valence-electron chi connectivity index (χ4n) is 3.70. The first-order valence-electron chi connectivity index (χ1n) is 9.97. The van der Waals surface area contributed by atoms with Crippen molar-refractivity contribution in [2.45, 2.75) is 6.92 Å². The molecule has 5 nitrogen and oxygen atoms in total. The average Bonchev–Trinajstić information content (AvgIpc) is 3.21. The zero-order chi connectivity index (χ0) is 21.4. The number of anilines is 1. The maximum Gasteiger partial charge on any atom is 0.259 e. The van der Waals surface area contributed by atoms with Crippen molar-refractivity contribution in [3.05, 3.63) is 90.0 Å². The van der Waals surface area contributed by atoms with Gasteiger partial charge in [-0.05, 0) is 59.7 Å². The largest absolute Gasteiger partial charge is 0.496 e. The van der Waals surface area contributed by atoms with Gasteiger partial charge in [-0.15, -0.1) is 0 Å². The molecule has 0 aliphatic carbocycles. The zero-order valence-electron chi connectivity index (χ0n) is 17.2. The van der Waals surface area contributed by atoms with E-state index in [1.54, 1.807) is 13.2 Å². The van der Waals surface area contributed by atoms with Crippen LogP contribution in [0, 0.1) is 6.92 Å². The Morgan fingerprint density at radius 3 is 2.45 bits per heavy atom. The first kappa shape index (κ1) is 18.9. The van der Waals surface area contributed by atoms with Gasteiger partial charge in [-0.1, -0.05) is 42.5 Å². The normalized spacial score (nSPS) is 11.0. The Bertz CT molecular complexity index is 1440. The quantitative estimate of drug-likeness (QED) is 0.384. The number of carbonyl (C=O) groups is 1. The topological polar surface area (TPSA) is 64.4 Å². The van der Waals surface area contributed by atoms with E-state index in [0.717, 1.165) is 21.9 Å². The van der Waals surface area contributed by atoms with Crippen LogP contribution < -0.4 is 10.1 Å². The van der Waals surface area contributed by atoms with Crippen molar-refractivity contribution in [2.24, 2.45) is 0 Å². The molecule has 0 spiro atoms. The van der Waals surface area contributed by atoms with Gasteiger partial charge in [0.15, 0.2) is 5.58 Å². The summed E-state index contributed by atoms with van der Waals surface area (Å²) in [7, 11) is 1.56. The van der Waals surface area contributed by atoms with Crippen molar-refractivity contribution in [3.63, 3.8) is 0 Å². The molecule has 5 heteroatoms. The predicted octanol–water partition coefficient (Wildman–Crippen LogP) is 6.22. The maximum absolute atomic E-state index is 13.0. The second kappa shape index (κ2) is 7.61. The Kier molecular flexibility index (Phi) is 4.64. The number of benzene rings is 4. The summed E-state index contributed by atoms with van der Waals surface area (Å²) in [5.41, 5.74) is 4.50. The molecule has 152 valence electrons. The van der Waals surface area contributed by atoms with Gasteiger partial charge in [0.2, 0.25) is 5.89 Å². The number of carbonyl (C=O) groups excluding carboxylic acids is 1. The highest BCUT2D eigenvalue weighted by molar-refractivity contribution is 6.09. The number of hydrogen-bond acceptors (Lipinski definition) is 4. The molecule has 0 aliphatic heterocycles. The van der Waals surface area contributed by atoms with E-state index in [1.165, 1.54) is 0 Å². The minimum absolute atomic E-state index is 0.246. The van der Waals surface area contributed by atoms with E-state index in [1.807, 2.05) is 79.7 Å². The fraction of sp³-hybridized carbons (Fsp3) is 0.0769. The Balaban J connectivity index is 1.47. The van der Waals surface area contributed by atoms with E-state index < -0.39 is 0 Å². The minimum Gasteiger partial charge on any atom is -0.496 e. The number of fused-ring (bicyclic) bond motifs is 2. The van der Waals surface area contributed by atoms with Crippen LogP contribution in [-0.4, -0.2) is 18.0 Å². The van der Waals surface area contributed by atoms with Gasteiger partial charge >= 0.3 is 0 Å². The Morgan fingerprint density at radius 1 is 0.935 bits per heavy atom. The van der Waals surface area contributed by atoms with Crippen LogP contribution in [0.1, 0.15) is 15.9 Å². The van der Waals surface area contributed by atoms with Crippen molar-refractivity contribution < 1.29 is 13.9 Å². The number of oxazole rings is 1. The highest BCUT2D eigenvalue weighted by Gasteiger charge is 2.15. The van der Waals surface area contributed by atoms with Crippen molar-refractivity contribution >= 4 is 33.5 Å². The maximum atomic E-state index is 13.0. The van der Waals surface area contributed by atoms with Crippen LogP contribution in [0.2, 0.25) is 0 Å². The summed E-state index contributed by atoms with van der Waals surface area (Å²) in [6.45, 7) is 2.02. The SMILES string of the molecule is COc1cc2ccccc2cc1C(=O)Nc1ccc2oc(-c3ccccc3C)nc2c1. The van der Waals surface area contributed by atoms with E-state index in [0.29, 0.717) is 34.0 Å². The molecule has 5 rings (SSSR count). The number of methoxy groups -OCH3 is 1. The molecule has 0 unspecified atom stereocenters. The second-order valence-corrected chi connectivity index (χ2v) is 7.37. The number of amides is 1. The summed E-state index contributed by atoms with van der Waals surface area (Å²) in [6.07, 6.45) is 0. The van der Waals surface area contributed by atoms with E-state index in [2.05, 4.69) is 10.3 Å². The third-order valence-corrected chi connectivity index (χ3v) is 5.33. The summed E-state index contributed by atoms with van der Waals surface area (Å²) in [4.78, 5) is 17.6. The minimum atomic E-state index is -0.246. The van der Waals surface area contributed by atoms with Gasteiger partial charge in [-0.25, -0.2) is 4.98 Å². The first-order chi connectivity index (χ1) is 15.1. The number of aromatic nitrogens is 1. The molecular formula is C26H20N2O3. The second-order valence-electron chi connectivity index (χ2n) is 7.37. The monoisotopic (exact) mass is 408 g/mol. The number of hydrogen-bond donors (Lipinski definition) is 1. The smallest absolute Gasteiger partial charge is 0.259 e. The lowest BCUT2D eigenvalue weighted by Gasteiger charge is -2.11. The van der Waals surface area contributed by atoms with E-state index in [9.17, 15) is 4.79 Å². The van der Waals surface area contributed by atoms with Gasteiger partial charge in [-0.2, -0.15) is 0 Å². The summed E-state index contributed by atoms with van der Waals surface area (Å²) in [5.74, 6) is 0.845. The molecule has 1 heterocycles. The number of rotatable bonds is 4. The highest BCUT2D eigenvalue weighted by Crippen LogP contribution is 2.30. The molecule has 0 aliphatic rings. The lowest BCUT2D eigenvalue weighted by atomic mass is 10.1.